The zero-order valence-corrected chi connectivity index (χ0v) is 17.3. The van der Waals surface area contributed by atoms with Crippen molar-refractivity contribution in [1.82, 2.24) is 0 Å². The van der Waals surface area contributed by atoms with Gasteiger partial charge in [-0.15, -0.1) is 0 Å². The molecule has 4 unspecified atom stereocenters. The predicted molar refractivity (Wildman–Crippen MR) is 104 cm³/mol. The van der Waals surface area contributed by atoms with Gasteiger partial charge < -0.3 is 35.2 Å². The van der Waals surface area contributed by atoms with Crippen LogP contribution in [-0.4, -0.2) is 77.1 Å². The van der Waals surface area contributed by atoms with Crippen LogP contribution in [0, 0.1) is 0 Å². The predicted octanol–water partition coefficient (Wildman–Crippen LogP) is 1.71. The molecule has 7 heteroatoms. The van der Waals surface area contributed by atoms with Crippen LogP contribution in [0.1, 0.15) is 47.0 Å². The van der Waals surface area contributed by atoms with Crippen molar-refractivity contribution in [2.24, 2.45) is 11.5 Å². The Kier molecular flexibility index (Phi) is 17.9. The number of rotatable bonds is 19. The monoisotopic (exact) mass is 378 g/mol. The van der Waals surface area contributed by atoms with Crippen molar-refractivity contribution in [1.29, 1.82) is 0 Å². The third-order valence-electron chi connectivity index (χ3n) is 3.92. The normalized spacial score (nSPS) is 16.4. The molecule has 26 heavy (non-hydrogen) atoms. The molecule has 0 saturated carbocycles. The molecule has 7 nitrogen and oxygen atoms in total. The van der Waals surface area contributed by atoms with Gasteiger partial charge in [-0.1, -0.05) is 0 Å². The van der Waals surface area contributed by atoms with E-state index in [-0.39, 0.29) is 24.4 Å². The average molecular weight is 379 g/mol. The Balaban J connectivity index is 3.52. The van der Waals surface area contributed by atoms with E-state index in [0.717, 1.165) is 19.3 Å². The van der Waals surface area contributed by atoms with E-state index < -0.39 is 0 Å². The highest BCUT2D eigenvalue weighted by Crippen LogP contribution is 2.06. The molecule has 0 aliphatic carbocycles. The summed E-state index contributed by atoms with van der Waals surface area (Å²) < 4.78 is 28.2. The lowest BCUT2D eigenvalue weighted by Crippen LogP contribution is -2.22. The smallest absolute Gasteiger partial charge is 0.0780 e. The minimum Gasteiger partial charge on any atom is -0.378 e. The zero-order valence-electron chi connectivity index (χ0n) is 17.3. The highest BCUT2D eigenvalue weighted by atomic mass is 16.5. The van der Waals surface area contributed by atoms with Crippen molar-refractivity contribution in [3.05, 3.63) is 0 Å². The first-order valence-corrected chi connectivity index (χ1v) is 9.93. The van der Waals surface area contributed by atoms with Crippen LogP contribution < -0.4 is 11.5 Å². The maximum atomic E-state index is 5.83. The molecule has 0 aromatic carbocycles. The SMILES string of the molecule is CC(CCOC(C)CCOC(C)CCOC(C)COCCN)OCCN. The molecule has 0 bridgehead atoms. The molecule has 0 aromatic heterocycles. The van der Waals surface area contributed by atoms with Gasteiger partial charge in [0, 0.05) is 32.9 Å². The lowest BCUT2D eigenvalue weighted by molar-refractivity contribution is -0.0326. The topological polar surface area (TPSA) is 98.2 Å². The van der Waals surface area contributed by atoms with E-state index in [1.165, 1.54) is 0 Å². The van der Waals surface area contributed by atoms with Gasteiger partial charge in [-0.25, -0.2) is 0 Å². The molecule has 0 amide bonds. The highest BCUT2D eigenvalue weighted by Gasteiger charge is 2.09. The standard InChI is InChI=1S/C19H42N2O5/c1-16(24-11-6-18(3)26-14-9-21)5-10-23-17(2)7-12-25-19(4)15-22-13-8-20/h16-19H,5-15,20-21H2,1-4H3. The van der Waals surface area contributed by atoms with Crippen molar-refractivity contribution in [3.8, 4) is 0 Å². The number of hydrogen-bond donors (Lipinski definition) is 2. The number of ether oxygens (including phenoxy) is 5. The van der Waals surface area contributed by atoms with Crippen LogP contribution in [-0.2, 0) is 23.7 Å². The van der Waals surface area contributed by atoms with Crippen LogP contribution in [0.15, 0.2) is 0 Å². The summed E-state index contributed by atoms with van der Waals surface area (Å²) in [6.07, 6.45) is 3.25. The fraction of sp³-hybridized carbons (Fsp3) is 1.00. The van der Waals surface area contributed by atoms with Gasteiger partial charge >= 0.3 is 0 Å². The molecule has 4 N–H and O–H groups in total. The van der Waals surface area contributed by atoms with E-state index >= 15 is 0 Å². The zero-order chi connectivity index (χ0) is 19.6. The van der Waals surface area contributed by atoms with Crippen LogP contribution in [0.25, 0.3) is 0 Å². The van der Waals surface area contributed by atoms with E-state index in [1.807, 2.05) is 13.8 Å². The summed E-state index contributed by atoms with van der Waals surface area (Å²) in [5.41, 5.74) is 10.8. The van der Waals surface area contributed by atoms with E-state index in [0.29, 0.717) is 52.7 Å². The molecular weight excluding hydrogens is 336 g/mol. The van der Waals surface area contributed by atoms with Gasteiger partial charge in [0.05, 0.1) is 44.2 Å². The fourth-order valence-corrected chi connectivity index (χ4v) is 2.21. The third-order valence-corrected chi connectivity index (χ3v) is 3.92. The number of nitrogens with two attached hydrogens (primary N) is 2. The van der Waals surface area contributed by atoms with Gasteiger partial charge in [-0.2, -0.15) is 0 Å². The van der Waals surface area contributed by atoms with E-state index in [2.05, 4.69) is 13.8 Å². The first-order valence-electron chi connectivity index (χ1n) is 9.93. The molecule has 0 aliphatic heterocycles. The maximum absolute atomic E-state index is 5.83. The maximum Gasteiger partial charge on any atom is 0.0780 e. The molecule has 0 saturated heterocycles. The van der Waals surface area contributed by atoms with Crippen molar-refractivity contribution >= 4 is 0 Å². The Labute approximate surface area is 160 Å². The van der Waals surface area contributed by atoms with Gasteiger partial charge in [-0.3, -0.25) is 0 Å². The molecule has 0 radical (unpaired) electrons. The lowest BCUT2D eigenvalue weighted by atomic mass is 10.2. The molecule has 0 aliphatic rings. The van der Waals surface area contributed by atoms with Crippen LogP contribution in [0.3, 0.4) is 0 Å². The Bertz CT molecular complexity index is 297. The second-order valence-corrected chi connectivity index (χ2v) is 6.74. The van der Waals surface area contributed by atoms with Crippen LogP contribution in [0.2, 0.25) is 0 Å². The first kappa shape index (κ1) is 25.7. The van der Waals surface area contributed by atoms with Crippen molar-refractivity contribution in [2.75, 3.05) is 52.7 Å². The summed E-state index contributed by atoms with van der Waals surface area (Å²) >= 11 is 0. The fourth-order valence-electron chi connectivity index (χ4n) is 2.21. The summed E-state index contributed by atoms with van der Waals surface area (Å²) in [4.78, 5) is 0. The van der Waals surface area contributed by atoms with Gasteiger partial charge in [0.25, 0.3) is 0 Å². The van der Waals surface area contributed by atoms with Crippen LogP contribution in [0.4, 0.5) is 0 Å². The van der Waals surface area contributed by atoms with E-state index in [4.69, 9.17) is 35.2 Å². The lowest BCUT2D eigenvalue weighted by Gasteiger charge is -2.19. The van der Waals surface area contributed by atoms with Gasteiger partial charge in [-0.05, 0) is 47.0 Å². The molecule has 158 valence electrons. The molecule has 4 atom stereocenters. The summed E-state index contributed by atoms with van der Waals surface area (Å²) in [5, 5.41) is 0. The third kappa shape index (κ3) is 17.1. The first-order chi connectivity index (χ1) is 12.5. The average Bonchev–Trinajstić information content (AvgIpc) is 2.60. The van der Waals surface area contributed by atoms with E-state index in [9.17, 15) is 0 Å². The second-order valence-electron chi connectivity index (χ2n) is 6.74. The minimum absolute atomic E-state index is 0.0818. The van der Waals surface area contributed by atoms with Crippen molar-refractivity contribution in [2.45, 2.75) is 71.4 Å². The largest absolute Gasteiger partial charge is 0.378 e. The molecule has 0 fully saturated rings. The Morgan fingerprint density at radius 1 is 0.538 bits per heavy atom. The molecular formula is C19H42N2O5. The summed E-state index contributed by atoms with van der Waals surface area (Å²) in [6.45, 7) is 13.1. The van der Waals surface area contributed by atoms with Gasteiger partial charge in [0.2, 0.25) is 0 Å². The Morgan fingerprint density at radius 2 is 0.923 bits per heavy atom. The summed E-state index contributed by atoms with van der Waals surface area (Å²) in [6, 6.07) is 0. The number of hydrogen-bond acceptors (Lipinski definition) is 7. The minimum atomic E-state index is 0.0818. The van der Waals surface area contributed by atoms with Crippen molar-refractivity contribution in [3.63, 3.8) is 0 Å². The molecule has 0 spiro atoms. The van der Waals surface area contributed by atoms with Gasteiger partial charge in [0.15, 0.2) is 0 Å². The molecule has 0 heterocycles. The summed E-state index contributed by atoms with van der Waals surface area (Å²) in [5.74, 6) is 0. The van der Waals surface area contributed by atoms with Crippen LogP contribution in [0.5, 0.6) is 0 Å². The van der Waals surface area contributed by atoms with Crippen molar-refractivity contribution < 1.29 is 23.7 Å². The molecule has 0 rings (SSSR count). The van der Waals surface area contributed by atoms with E-state index in [1.54, 1.807) is 0 Å². The van der Waals surface area contributed by atoms with Crippen LogP contribution >= 0.6 is 0 Å². The Morgan fingerprint density at radius 3 is 1.35 bits per heavy atom. The van der Waals surface area contributed by atoms with Gasteiger partial charge in [0.1, 0.15) is 0 Å². The Hall–Kier alpha value is -0.280. The highest BCUT2D eigenvalue weighted by molar-refractivity contribution is 4.56. The second kappa shape index (κ2) is 18.1. The molecule has 0 aromatic rings. The quantitative estimate of drug-likeness (QED) is 0.330. The summed E-state index contributed by atoms with van der Waals surface area (Å²) in [7, 11) is 0.